The Bertz CT molecular complexity index is 1310. The van der Waals surface area contributed by atoms with E-state index in [2.05, 4.69) is 5.32 Å². The first-order chi connectivity index (χ1) is 15.0. The normalized spacial score (nSPS) is 11.9. The molecule has 0 radical (unpaired) electrons. The van der Waals surface area contributed by atoms with Crippen LogP contribution in [-0.2, 0) is 16.0 Å². The monoisotopic (exact) mass is 416 g/mol. The third kappa shape index (κ3) is 4.56. The molecular weight excluding hydrogens is 398 g/mol. The first kappa shape index (κ1) is 20.2. The molecule has 0 bridgehead atoms. The molecule has 0 saturated heterocycles. The molecule has 1 heterocycles. The summed E-state index contributed by atoms with van der Waals surface area (Å²) in [6.45, 7) is -0.401. The van der Waals surface area contributed by atoms with Gasteiger partial charge < -0.3 is 24.4 Å². The van der Waals surface area contributed by atoms with E-state index in [1.807, 2.05) is 18.2 Å². The molecule has 156 valence electrons. The van der Waals surface area contributed by atoms with Gasteiger partial charge >= 0.3 is 5.63 Å². The topological polar surface area (TPSA) is 109 Å². The molecule has 1 N–H and O–H groups in total. The number of fused-ring (bicyclic) bond motifs is 3. The van der Waals surface area contributed by atoms with Crippen molar-refractivity contribution in [3.05, 3.63) is 88.8 Å². The minimum atomic E-state index is -1.38. The zero-order valence-corrected chi connectivity index (χ0v) is 16.4. The molecule has 4 aromatic rings. The smallest absolute Gasteiger partial charge is 0.344 e. The third-order valence-electron chi connectivity index (χ3n) is 4.87. The number of nitrogens with one attached hydrogen (secondary N) is 1. The number of carbonyl (C=O) groups is 2. The van der Waals surface area contributed by atoms with E-state index >= 15 is 0 Å². The number of hydrogen-bond donors (Lipinski definition) is 1. The Morgan fingerprint density at radius 2 is 1.65 bits per heavy atom. The van der Waals surface area contributed by atoms with E-state index in [1.54, 1.807) is 48.5 Å². The number of carboxylic acids is 1. The molecule has 0 fully saturated rings. The van der Waals surface area contributed by atoms with Gasteiger partial charge in [-0.1, -0.05) is 48.5 Å². The summed E-state index contributed by atoms with van der Waals surface area (Å²) >= 11 is 0. The number of carboxylic acid groups (broad SMARTS) is 1. The molecular formula is C24H18NO6-. The maximum atomic E-state index is 12.2. The molecule has 0 aliphatic heterocycles. The van der Waals surface area contributed by atoms with Crippen molar-refractivity contribution in [3.63, 3.8) is 0 Å². The maximum absolute atomic E-state index is 12.2. The highest BCUT2D eigenvalue weighted by molar-refractivity contribution is 6.04. The van der Waals surface area contributed by atoms with Crippen LogP contribution in [0.4, 0.5) is 0 Å². The van der Waals surface area contributed by atoms with Crippen LogP contribution in [0.15, 0.2) is 82.0 Å². The summed E-state index contributed by atoms with van der Waals surface area (Å²) in [7, 11) is 0. The van der Waals surface area contributed by atoms with Gasteiger partial charge in [0.25, 0.3) is 5.91 Å². The van der Waals surface area contributed by atoms with Crippen LogP contribution < -0.4 is 20.8 Å². The SMILES string of the molecule is O=C(COc1ccc2c(c1)oc(=O)c1ccccc12)N[C@@H](Cc1ccccc1)C(=O)[O-]. The zero-order chi connectivity index (χ0) is 21.8. The van der Waals surface area contributed by atoms with Crippen LogP contribution in [-0.4, -0.2) is 24.5 Å². The van der Waals surface area contributed by atoms with Crippen molar-refractivity contribution in [1.82, 2.24) is 5.32 Å². The molecule has 1 amide bonds. The summed E-state index contributed by atoms with van der Waals surface area (Å²) in [4.78, 5) is 35.8. The fourth-order valence-electron chi connectivity index (χ4n) is 3.38. The molecule has 0 spiro atoms. The molecule has 0 aliphatic rings. The Hall–Kier alpha value is -4.13. The maximum Gasteiger partial charge on any atom is 0.344 e. The quantitative estimate of drug-likeness (QED) is 0.364. The Kier molecular flexibility index (Phi) is 5.66. The van der Waals surface area contributed by atoms with Gasteiger partial charge in [-0.05, 0) is 35.6 Å². The first-order valence-corrected chi connectivity index (χ1v) is 9.64. The van der Waals surface area contributed by atoms with Crippen LogP contribution in [0.5, 0.6) is 5.75 Å². The van der Waals surface area contributed by atoms with Crippen LogP contribution in [0.3, 0.4) is 0 Å². The number of rotatable bonds is 7. The molecule has 7 heteroatoms. The summed E-state index contributed by atoms with van der Waals surface area (Å²) in [5, 5.41) is 15.8. The fraction of sp³-hybridized carbons (Fsp3) is 0.125. The second-order valence-electron chi connectivity index (χ2n) is 7.01. The molecule has 0 unspecified atom stereocenters. The summed E-state index contributed by atoms with van der Waals surface area (Å²) < 4.78 is 10.8. The van der Waals surface area contributed by atoms with E-state index in [-0.39, 0.29) is 6.42 Å². The average Bonchev–Trinajstić information content (AvgIpc) is 2.78. The van der Waals surface area contributed by atoms with Crippen molar-refractivity contribution in [2.45, 2.75) is 12.5 Å². The Balaban J connectivity index is 1.45. The highest BCUT2D eigenvalue weighted by Crippen LogP contribution is 2.26. The van der Waals surface area contributed by atoms with E-state index in [4.69, 9.17) is 9.15 Å². The van der Waals surface area contributed by atoms with Crippen molar-refractivity contribution >= 4 is 33.6 Å². The van der Waals surface area contributed by atoms with Gasteiger partial charge in [-0.2, -0.15) is 0 Å². The van der Waals surface area contributed by atoms with Crippen LogP contribution in [0, 0.1) is 0 Å². The Morgan fingerprint density at radius 1 is 0.935 bits per heavy atom. The van der Waals surface area contributed by atoms with E-state index in [9.17, 15) is 19.5 Å². The highest BCUT2D eigenvalue weighted by Gasteiger charge is 2.15. The lowest BCUT2D eigenvalue weighted by Crippen LogP contribution is -2.50. The van der Waals surface area contributed by atoms with Crippen LogP contribution in [0.2, 0.25) is 0 Å². The second kappa shape index (κ2) is 8.71. The Labute approximate surface area is 176 Å². The highest BCUT2D eigenvalue weighted by atomic mass is 16.5. The van der Waals surface area contributed by atoms with Gasteiger partial charge in [-0.25, -0.2) is 4.79 Å². The number of aliphatic carboxylic acids is 1. The van der Waals surface area contributed by atoms with Crippen molar-refractivity contribution in [1.29, 1.82) is 0 Å². The average molecular weight is 416 g/mol. The predicted octanol–water partition coefficient (Wildman–Crippen LogP) is 1.80. The zero-order valence-electron chi connectivity index (χ0n) is 16.4. The van der Waals surface area contributed by atoms with E-state index in [1.165, 1.54) is 6.07 Å². The minimum Gasteiger partial charge on any atom is -0.548 e. The number of hydrogen-bond acceptors (Lipinski definition) is 6. The second-order valence-corrected chi connectivity index (χ2v) is 7.01. The predicted molar refractivity (Wildman–Crippen MR) is 113 cm³/mol. The van der Waals surface area contributed by atoms with E-state index in [0.717, 1.165) is 16.3 Å². The number of carbonyl (C=O) groups excluding carboxylic acids is 2. The van der Waals surface area contributed by atoms with Gasteiger partial charge in [0.1, 0.15) is 11.3 Å². The van der Waals surface area contributed by atoms with Crippen molar-refractivity contribution in [2.75, 3.05) is 6.61 Å². The molecule has 1 atom stereocenters. The number of amides is 1. The lowest BCUT2D eigenvalue weighted by Gasteiger charge is -2.20. The van der Waals surface area contributed by atoms with Gasteiger partial charge in [-0.3, -0.25) is 4.79 Å². The largest absolute Gasteiger partial charge is 0.548 e. The van der Waals surface area contributed by atoms with Gasteiger partial charge in [0, 0.05) is 11.5 Å². The number of ether oxygens (including phenoxy) is 1. The first-order valence-electron chi connectivity index (χ1n) is 9.64. The summed E-state index contributed by atoms with van der Waals surface area (Å²) in [5.41, 5.74) is 0.628. The summed E-state index contributed by atoms with van der Waals surface area (Å²) in [6.07, 6.45) is 0.100. The lowest BCUT2D eigenvalue weighted by atomic mass is 10.1. The molecule has 4 rings (SSSR count). The lowest BCUT2D eigenvalue weighted by molar-refractivity contribution is -0.308. The molecule has 31 heavy (non-hydrogen) atoms. The fourth-order valence-corrected chi connectivity index (χ4v) is 3.38. The van der Waals surface area contributed by atoms with Gasteiger partial charge in [0.15, 0.2) is 6.61 Å². The Morgan fingerprint density at radius 3 is 2.39 bits per heavy atom. The molecule has 1 aromatic heterocycles. The van der Waals surface area contributed by atoms with Crippen molar-refractivity contribution in [3.8, 4) is 5.75 Å². The third-order valence-corrected chi connectivity index (χ3v) is 4.87. The molecule has 0 saturated carbocycles. The summed E-state index contributed by atoms with van der Waals surface area (Å²) in [6, 6.07) is 19.8. The van der Waals surface area contributed by atoms with Crippen molar-refractivity contribution in [2.24, 2.45) is 0 Å². The minimum absolute atomic E-state index is 0.100. The molecule has 3 aromatic carbocycles. The molecule has 7 nitrogen and oxygen atoms in total. The van der Waals surface area contributed by atoms with Crippen LogP contribution in [0.25, 0.3) is 21.7 Å². The standard InChI is InChI=1S/C24H19NO6/c26-22(25-20(23(27)28)12-15-6-2-1-3-7-15)14-30-16-10-11-18-17-8-4-5-9-19(17)24(29)31-21(18)13-16/h1-11,13,20H,12,14H2,(H,25,26)(H,27,28)/p-1/t20-/m0/s1. The van der Waals surface area contributed by atoms with E-state index < -0.39 is 30.2 Å². The summed E-state index contributed by atoms with van der Waals surface area (Å²) in [5.74, 6) is -1.67. The van der Waals surface area contributed by atoms with E-state index in [0.29, 0.717) is 16.7 Å². The van der Waals surface area contributed by atoms with Gasteiger partial charge in [0.2, 0.25) is 0 Å². The van der Waals surface area contributed by atoms with Crippen LogP contribution >= 0.6 is 0 Å². The molecule has 0 aliphatic carbocycles. The van der Waals surface area contributed by atoms with Crippen LogP contribution in [0.1, 0.15) is 5.56 Å². The van der Waals surface area contributed by atoms with Gasteiger partial charge in [0.05, 0.1) is 17.4 Å². The van der Waals surface area contributed by atoms with Crippen molar-refractivity contribution < 1.29 is 23.8 Å². The van der Waals surface area contributed by atoms with Gasteiger partial charge in [-0.15, -0.1) is 0 Å². The number of benzene rings is 3.